The third-order valence-corrected chi connectivity index (χ3v) is 3.26. The van der Waals surface area contributed by atoms with Crippen molar-refractivity contribution in [3.8, 4) is 0 Å². The van der Waals surface area contributed by atoms with Crippen molar-refractivity contribution in [2.75, 3.05) is 20.6 Å². The van der Waals surface area contributed by atoms with Gasteiger partial charge in [-0.1, -0.05) is 34.9 Å². The van der Waals surface area contributed by atoms with E-state index in [1.54, 1.807) is 0 Å². The fraction of sp³-hybridized carbons (Fsp3) is 0.538. The van der Waals surface area contributed by atoms with E-state index in [4.69, 9.17) is 5.53 Å². The van der Waals surface area contributed by atoms with E-state index in [1.807, 2.05) is 14.1 Å². The Morgan fingerprint density at radius 1 is 1.29 bits per heavy atom. The van der Waals surface area contributed by atoms with Crippen LogP contribution >= 0.6 is 0 Å². The topological polar surface area (TPSA) is 52.0 Å². The summed E-state index contributed by atoms with van der Waals surface area (Å²) in [5.41, 5.74) is 10.8. The van der Waals surface area contributed by atoms with Gasteiger partial charge in [-0.15, -0.1) is 0 Å². The minimum Gasteiger partial charge on any atom is -0.304 e. The van der Waals surface area contributed by atoms with E-state index in [2.05, 4.69) is 53.0 Å². The molecule has 1 rings (SSSR count). The summed E-state index contributed by atoms with van der Waals surface area (Å²) in [7, 11) is 4.03. The fourth-order valence-corrected chi connectivity index (χ4v) is 1.69. The summed E-state index contributed by atoms with van der Waals surface area (Å²) < 4.78 is 0. The largest absolute Gasteiger partial charge is 0.304 e. The van der Waals surface area contributed by atoms with Gasteiger partial charge in [0.25, 0.3) is 0 Å². The molecular formula is C13H20N4. The van der Waals surface area contributed by atoms with Gasteiger partial charge < -0.3 is 4.90 Å². The lowest BCUT2D eigenvalue weighted by Crippen LogP contribution is -2.46. The monoisotopic (exact) mass is 232 g/mol. The van der Waals surface area contributed by atoms with Crippen LogP contribution in [0.2, 0.25) is 0 Å². The van der Waals surface area contributed by atoms with E-state index in [-0.39, 0.29) is 5.54 Å². The number of azide groups is 1. The first-order valence-electron chi connectivity index (χ1n) is 5.72. The first-order valence-corrected chi connectivity index (χ1v) is 5.72. The van der Waals surface area contributed by atoms with Gasteiger partial charge in [0.1, 0.15) is 0 Å². The summed E-state index contributed by atoms with van der Waals surface area (Å²) >= 11 is 0. The Kier molecular flexibility index (Phi) is 4.55. The average molecular weight is 232 g/mol. The van der Waals surface area contributed by atoms with Crippen LogP contribution in [-0.2, 0) is 6.42 Å². The molecular weight excluding hydrogens is 212 g/mol. The standard InChI is InChI=1S/C13H20N4/c1-11-5-7-12(8-6-11)9-13(2,17(3)4)10-15-16-14/h5-8H,9-10H2,1-4H3/t13-/m0/s1. The zero-order valence-electron chi connectivity index (χ0n) is 11.0. The molecule has 0 spiro atoms. The van der Waals surface area contributed by atoms with E-state index in [0.29, 0.717) is 6.54 Å². The molecule has 0 N–H and O–H groups in total. The van der Waals surface area contributed by atoms with Crippen LogP contribution in [0.15, 0.2) is 29.4 Å². The first-order chi connectivity index (χ1) is 7.98. The average Bonchev–Trinajstić information content (AvgIpc) is 2.29. The molecule has 0 fully saturated rings. The van der Waals surface area contributed by atoms with Crippen LogP contribution in [0.5, 0.6) is 0 Å². The Labute approximate surface area is 103 Å². The number of benzene rings is 1. The molecule has 0 aliphatic rings. The predicted octanol–water partition coefficient (Wildman–Crippen LogP) is 3.17. The zero-order valence-corrected chi connectivity index (χ0v) is 11.0. The smallest absolute Gasteiger partial charge is 0.0443 e. The molecule has 0 aliphatic heterocycles. The predicted molar refractivity (Wildman–Crippen MR) is 71.0 cm³/mol. The van der Waals surface area contributed by atoms with Crippen LogP contribution in [0.1, 0.15) is 18.1 Å². The van der Waals surface area contributed by atoms with Crippen molar-refractivity contribution in [3.05, 3.63) is 45.8 Å². The summed E-state index contributed by atoms with van der Waals surface area (Å²) in [6, 6.07) is 8.48. The number of nitrogens with zero attached hydrogens (tertiary/aromatic N) is 4. The van der Waals surface area contributed by atoms with Gasteiger partial charge >= 0.3 is 0 Å². The third-order valence-electron chi connectivity index (χ3n) is 3.26. The van der Waals surface area contributed by atoms with Gasteiger partial charge in [-0.3, -0.25) is 0 Å². The maximum atomic E-state index is 8.45. The maximum Gasteiger partial charge on any atom is 0.0443 e. The number of hydrogen-bond donors (Lipinski definition) is 0. The van der Waals surface area contributed by atoms with Gasteiger partial charge in [0, 0.05) is 17.0 Å². The van der Waals surface area contributed by atoms with Crippen LogP contribution in [0.3, 0.4) is 0 Å². The van der Waals surface area contributed by atoms with E-state index in [9.17, 15) is 0 Å². The molecule has 0 heterocycles. The van der Waals surface area contributed by atoms with Gasteiger partial charge in [-0.25, -0.2) is 0 Å². The second kappa shape index (κ2) is 5.71. The van der Waals surface area contributed by atoms with E-state index in [1.165, 1.54) is 11.1 Å². The highest BCUT2D eigenvalue weighted by Gasteiger charge is 2.26. The molecule has 4 heteroatoms. The highest BCUT2D eigenvalue weighted by atomic mass is 15.2. The van der Waals surface area contributed by atoms with Crippen molar-refractivity contribution < 1.29 is 0 Å². The summed E-state index contributed by atoms with van der Waals surface area (Å²) in [5, 5.41) is 3.72. The van der Waals surface area contributed by atoms with Crippen LogP contribution in [-0.4, -0.2) is 31.1 Å². The molecule has 0 amide bonds. The van der Waals surface area contributed by atoms with Crippen molar-refractivity contribution in [1.29, 1.82) is 0 Å². The Hall–Kier alpha value is -1.51. The van der Waals surface area contributed by atoms with Crippen molar-refractivity contribution in [1.82, 2.24) is 4.90 Å². The minimum absolute atomic E-state index is 0.137. The molecule has 0 radical (unpaired) electrons. The fourth-order valence-electron chi connectivity index (χ4n) is 1.69. The minimum atomic E-state index is -0.137. The third kappa shape index (κ3) is 3.77. The van der Waals surface area contributed by atoms with Crippen molar-refractivity contribution in [2.24, 2.45) is 5.11 Å². The molecule has 1 aromatic carbocycles. The highest BCUT2D eigenvalue weighted by Crippen LogP contribution is 2.19. The van der Waals surface area contributed by atoms with Crippen LogP contribution < -0.4 is 0 Å². The van der Waals surface area contributed by atoms with Crippen LogP contribution in [0.25, 0.3) is 10.4 Å². The van der Waals surface area contributed by atoms with E-state index < -0.39 is 0 Å². The Balaban J connectivity index is 2.86. The van der Waals surface area contributed by atoms with Gasteiger partial charge in [0.05, 0.1) is 0 Å². The number of aryl methyl sites for hydroxylation is 1. The van der Waals surface area contributed by atoms with Crippen molar-refractivity contribution in [2.45, 2.75) is 25.8 Å². The van der Waals surface area contributed by atoms with E-state index in [0.717, 1.165) is 6.42 Å². The summed E-state index contributed by atoms with van der Waals surface area (Å²) in [5.74, 6) is 0. The molecule has 0 unspecified atom stereocenters. The lowest BCUT2D eigenvalue weighted by atomic mass is 9.91. The van der Waals surface area contributed by atoms with Gasteiger partial charge in [-0.05, 0) is 45.5 Å². The summed E-state index contributed by atoms with van der Waals surface area (Å²) in [6.07, 6.45) is 0.874. The lowest BCUT2D eigenvalue weighted by Gasteiger charge is -2.35. The summed E-state index contributed by atoms with van der Waals surface area (Å²) in [6.45, 7) is 4.67. The second-order valence-electron chi connectivity index (χ2n) is 4.94. The van der Waals surface area contributed by atoms with Crippen molar-refractivity contribution in [3.63, 3.8) is 0 Å². The molecule has 0 aromatic heterocycles. The van der Waals surface area contributed by atoms with E-state index >= 15 is 0 Å². The van der Waals surface area contributed by atoms with Gasteiger partial charge in [0.15, 0.2) is 0 Å². The van der Waals surface area contributed by atoms with Gasteiger partial charge in [0.2, 0.25) is 0 Å². The molecule has 1 aromatic rings. The Morgan fingerprint density at radius 2 is 1.88 bits per heavy atom. The van der Waals surface area contributed by atoms with Crippen molar-refractivity contribution >= 4 is 0 Å². The molecule has 17 heavy (non-hydrogen) atoms. The number of rotatable bonds is 5. The zero-order chi connectivity index (χ0) is 12.9. The Morgan fingerprint density at radius 3 is 2.35 bits per heavy atom. The summed E-state index contributed by atoms with van der Waals surface area (Å²) in [4.78, 5) is 4.97. The van der Waals surface area contributed by atoms with Gasteiger partial charge in [-0.2, -0.15) is 0 Å². The number of hydrogen-bond acceptors (Lipinski definition) is 2. The molecule has 1 atom stereocenters. The maximum absolute atomic E-state index is 8.45. The highest BCUT2D eigenvalue weighted by molar-refractivity contribution is 5.23. The van der Waals surface area contributed by atoms with Crippen LogP contribution in [0.4, 0.5) is 0 Å². The molecule has 0 bridgehead atoms. The molecule has 92 valence electrons. The molecule has 4 nitrogen and oxygen atoms in total. The molecule has 0 saturated heterocycles. The SMILES string of the molecule is Cc1ccc(C[C@@](C)(CN=[N+]=[N-])N(C)C)cc1. The quantitative estimate of drug-likeness (QED) is 0.437. The molecule has 0 aliphatic carbocycles. The normalized spacial score (nSPS) is 14.2. The second-order valence-corrected chi connectivity index (χ2v) is 4.94. The Bertz CT molecular complexity index is 404. The molecule has 0 saturated carbocycles. The van der Waals surface area contributed by atoms with Crippen LogP contribution in [0, 0.1) is 6.92 Å². The lowest BCUT2D eigenvalue weighted by molar-refractivity contribution is 0.181. The number of likely N-dealkylation sites (N-methyl/N-ethyl adjacent to an activating group) is 1. The first kappa shape index (κ1) is 13.6.